The van der Waals surface area contributed by atoms with Crippen LogP contribution in [0, 0.1) is 27.7 Å². The van der Waals surface area contributed by atoms with Crippen LogP contribution in [-0.4, -0.2) is 55.8 Å². The highest BCUT2D eigenvalue weighted by Gasteiger charge is 2.18. The first kappa shape index (κ1) is 39.4. The molecule has 0 aliphatic rings. The third-order valence-corrected chi connectivity index (χ3v) is 8.68. The number of ether oxygens (including phenoxy) is 2. The number of aromatic hydroxyl groups is 1. The van der Waals surface area contributed by atoms with E-state index in [-0.39, 0.29) is 11.3 Å². The zero-order chi connectivity index (χ0) is 39.5. The lowest BCUT2D eigenvalue weighted by molar-refractivity contribution is 0.0523. The number of phenolic OH excluding ortho intramolecular Hbond substituents is 1. The molecule has 12 heteroatoms. The number of esters is 1. The van der Waals surface area contributed by atoms with Crippen LogP contribution in [0.1, 0.15) is 61.5 Å². The van der Waals surface area contributed by atoms with Crippen molar-refractivity contribution in [2.75, 3.05) is 24.4 Å². The summed E-state index contributed by atoms with van der Waals surface area (Å²) in [7, 11) is 1.66. The molecule has 0 aliphatic heterocycles. The number of methoxy groups -OCH3 is 1. The first-order chi connectivity index (χ1) is 26.5. The lowest BCUT2D eigenvalue weighted by Crippen LogP contribution is -2.14. The predicted molar refractivity (Wildman–Crippen MR) is 213 cm³/mol. The fraction of sp³-hybridized carbons (Fsp3) is 0.209. The van der Waals surface area contributed by atoms with E-state index in [2.05, 4.69) is 48.8 Å². The first-order valence-corrected chi connectivity index (χ1v) is 17.7. The minimum Gasteiger partial charge on any atom is -0.508 e. The monoisotopic (exact) mass is 740 g/mol. The Kier molecular flexibility index (Phi) is 13.1. The van der Waals surface area contributed by atoms with Gasteiger partial charge in [0, 0.05) is 13.1 Å². The lowest BCUT2D eigenvalue weighted by Gasteiger charge is -2.14. The number of benzene rings is 4. The van der Waals surface area contributed by atoms with E-state index in [1.165, 1.54) is 0 Å². The number of rotatable bonds is 12. The second kappa shape index (κ2) is 18.3. The third kappa shape index (κ3) is 9.99. The predicted octanol–water partition coefficient (Wildman–Crippen LogP) is 8.33. The molecule has 4 aromatic carbocycles. The van der Waals surface area contributed by atoms with E-state index in [4.69, 9.17) is 9.47 Å². The SMILES string of the molecule is CCOC(=O)c1c(C)nc(NCc2ccccc2-c2cccc(OC)c2)nc1C.Cc1nc(NCc2ccccc2-c2cccc(O)c2)nc(C)c1C(=O)O. The number of hydrogen-bond donors (Lipinski definition) is 4. The van der Waals surface area contributed by atoms with Crippen molar-refractivity contribution in [1.82, 2.24) is 19.9 Å². The number of nitrogens with one attached hydrogen (secondary N) is 2. The molecular weight excluding hydrogens is 697 g/mol. The molecule has 0 atom stereocenters. The van der Waals surface area contributed by atoms with Gasteiger partial charge in [-0.3, -0.25) is 0 Å². The topological polar surface area (TPSA) is 169 Å². The van der Waals surface area contributed by atoms with Gasteiger partial charge in [0.25, 0.3) is 0 Å². The first-order valence-electron chi connectivity index (χ1n) is 17.7. The summed E-state index contributed by atoms with van der Waals surface area (Å²) in [5.74, 6) is 0.473. The number of carboxylic acid groups (broad SMARTS) is 1. The quantitative estimate of drug-likeness (QED) is 0.0887. The zero-order valence-corrected chi connectivity index (χ0v) is 31.7. The molecule has 12 nitrogen and oxygen atoms in total. The van der Waals surface area contributed by atoms with Crippen molar-refractivity contribution < 1.29 is 29.3 Å². The van der Waals surface area contributed by atoms with Crippen LogP contribution in [0.2, 0.25) is 0 Å². The molecule has 0 spiro atoms. The van der Waals surface area contributed by atoms with Crippen molar-refractivity contribution in [1.29, 1.82) is 0 Å². The second-order valence-electron chi connectivity index (χ2n) is 12.5. The Bertz CT molecular complexity index is 2260. The molecule has 0 saturated heterocycles. The van der Waals surface area contributed by atoms with Crippen LogP contribution in [0.25, 0.3) is 22.3 Å². The number of carboxylic acids is 1. The van der Waals surface area contributed by atoms with Gasteiger partial charge in [0.1, 0.15) is 22.6 Å². The molecule has 0 saturated carbocycles. The molecule has 2 heterocycles. The summed E-state index contributed by atoms with van der Waals surface area (Å²) >= 11 is 0. The van der Waals surface area contributed by atoms with Gasteiger partial charge in [-0.2, -0.15) is 0 Å². The fourth-order valence-electron chi connectivity index (χ4n) is 6.12. The number of phenols is 1. The number of aryl methyl sites for hydroxylation is 4. The summed E-state index contributed by atoms with van der Waals surface area (Å²) in [5.41, 5.74) is 8.81. The van der Waals surface area contributed by atoms with Gasteiger partial charge in [0.2, 0.25) is 11.9 Å². The molecule has 282 valence electrons. The van der Waals surface area contributed by atoms with Crippen LogP contribution in [0.15, 0.2) is 97.1 Å². The number of hydrogen-bond acceptors (Lipinski definition) is 11. The minimum atomic E-state index is -1.03. The highest BCUT2D eigenvalue weighted by atomic mass is 16.5. The van der Waals surface area contributed by atoms with Crippen LogP contribution in [0.4, 0.5) is 11.9 Å². The molecule has 0 radical (unpaired) electrons. The summed E-state index contributed by atoms with van der Waals surface area (Å²) in [6.07, 6.45) is 0. The molecular formula is C43H44N6O6. The van der Waals surface area contributed by atoms with E-state index in [0.29, 0.717) is 59.9 Å². The van der Waals surface area contributed by atoms with Crippen molar-refractivity contribution in [2.24, 2.45) is 0 Å². The molecule has 55 heavy (non-hydrogen) atoms. The lowest BCUT2D eigenvalue weighted by atomic mass is 9.99. The van der Waals surface area contributed by atoms with E-state index >= 15 is 0 Å². The van der Waals surface area contributed by atoms with Gasteiger partial charge < -0.3 is 30.3 Å². The van der Waals surface area contributed by atoms with E-state index in [1.807, 2.05) is 60.7 Å². The van der Waals surface area contributed by atoms with Crippen molar-refractivity contribution in [3.05, 3.63) is 142 Å². The number of anilines is 2. The number of carbonyl (C=O) groups excluding carboxylic acids is 1. The van der Waals surface area contributed by atoms with E-state index in [1.54, 1.807) is 59.9 Å². The van der Waals surface area contributed by atoms with Crippen LogP contribution < -0.4 is 15.4 Å². The fourth-order valence-corrected chi connectivity index (χ4v) is 6.12. The highest BCUT2D eigenvalue weighted by Crippen LogP contribution is 2.29. The molecule has 0 unspecified atom stereocenters. The summed E-state index contributed by atoms with van der Waals surface area (Å²) in [5, 5.41) is 25.4. The maximum absolute atomic E-state index is 12.1. The largest absolute Gasteiger partial charge is 0.508 e. The van der Waals surface area contributed by atoms with Gasteiger partial charge >= 0.3 is 11.9 Å². The maximum Gasteiger partial charge on any atom is 0.341 e. The Morgan fingerprint density at radius 3 is 1.58 bits per heavy atom. The Hall–Kier alpha value is -6.82. The Balaban J connectivity index is 0.000000212. The normalized spacial score (nSPS) is 10.5. The number of carbonyl (C=O) groups is 2. The van der Waals surface area contributed by atoms with Gasteiger partial charge in [-0.05, 0) is 92.3 Å². The molecule has 6 rings (SSSR count). The molecule has 4 N–H and O–H groups in total. The maximum atomic E-state index is 12.1. The van der Waals surface area contributed by atoms with Gasteiger partial charge in [-0.25, -0.2) is 29.5 Å². The average molecular weight is 741 g/mol. The molecule has 0 fully saturated rings. The van der Waals surface area contributed by atoms with E-state index < -0.39 is 11.9 Å². The third-order valence-electron chi connectivity index (χ3n) is 8.68. The number of nitrogens with zero attached hydrogens (tertiary/aromatic N) is 4. The number of aromatic carboxylic acids is 1. The van der Waals surface area contributed by atoms with E-state index in [9.17, 15) is 19.8 Å². The summed E-state index contributed by atoms with van der Waals surface area (Å²) < 4.78 is 10.4. The Labute approximate surface area is 320 Å². The molecule has 0 bridgehead atoms. The van der Waals surface area contributed by atoms with Crippen LogP contribution in [-0.2, 0) is 17.8 Å². The minimum absolute atomic E-state index is 0.135. The standard InChI is InChI=1S/C23H25N3O3.C20H19N3O3/c1-5-29-22(27)21-15(2)25-23(26-16(21)3)24-14-18-9-6-7-12-20(18)17-10-8-11-19(13-17)28-4;1-12-18(19(25)26)13(2)23-20(22-12)21-11-15-6-3-4-9-17(15)14-7-5-8-16(24)10-14/h6-13H,5,14H2,1-4H3,(H,24,25,26);3-10,24H,11H2,1-2H3,(H,25,26)(H,21,22,23). The summed E-state index contributed by atoms with van der Waals surface area (Å²) in [4.78, 5) is 40.7. The van der Waals surface area contributed by atoms with Crippen molar-refractivity contribution in [3.63, 3.8) is 0 Å². The van der Waals surface area contributed by atoms with Gasteiger partial charge in [-0.1, -0.05) is 72.8 Å². The van der Waals surface area contributed by atoms with Gasteiger partial charge in [-0.15, -0.1) is 0 Å². The molecule has 0 aliphatic carbocycles. The van der Waals surface area contributed by atoms with Crippen LogP contribution in [0.3, 0.4) is 0 Å². The smallest absolute Gasteiger partial charge is 0.341 e. The Morgan fingerprint density at radius 1 is 0.636 bits per heavy atom. The zero-order valence-electron chi connectivity index (χ0n) is 31.7. The Morgan fingerprint density at radius 2 is 1.11 bits per heavy atom. The van der Waals surface area contributed by atoms with Crippen molar-refractivity contribution in [2.45, 2.75) is 47.7 Å². The number of aromatic nitrogens is 4. The van der Waals surface area contributed by atoms with Crippen molar-refractivity contribution >= 4 is 23.8 Å². The van der Waals surface area contributed by atoms with E-state index in [0.717, 1.165) is 39.1 Å². The average Bonchev–Trinajstić information content (AvgIpc) is 3.16. The van der Waals surface area contributed by atoms with Gasteiger partial charge in [0.05, 0.1) is 36.5 Å². The van der Waals surface area contributed by atoms with Crippen LogP contribution in [0.5, 0.6) is 11.5 Å². The summed E-state index contributed by atoms with van der Waals surface area (Å²) in [6.45, 7) is 10.0. The molecule has 2 aromatic heterocycles. The highest BCUT2D eigenvalue weighted by molar-refractivity contribution is 5.92. The summed E-state index contributed by atoms with van der Waals surface area (Å²) in [6, 6.07) is 31.0. The van der Waals surface area contributed by atoms with Gasteiger partial charge in [0.15, 0.2) is 0 Å². The van der Waals surface area contributed by atoms with Crippen molar-refractivity contribution in [3.8, 4) is 33.8 Å². The van der Waals surface area contributed by atoms with Crippen LogP contribution >= 0.6 is 0 Å². The molecule has 0 amide bonds. The second-order valence-corrected chi connectivity index (χ2v) is 12.5. The molecule has 6 aromatic rings.